The van der Waals surface area contributed by atoms with Crippen molar-refractivity contribution >= 4 is 0 Å². The van der Waals surface area contributed by atoms with Crippen LogP contribution in [0.3, 0.4) is 0 Å². The van der Waals surface area contributed by atoms with E-state index in [9.17, 15) is 5.11 Å². The van der Waals surface area contributed by atoms with Gasteiger partial charge in [-0.3, -0.25) is 0 Å². The van der Waals surface area contributed by atoms with Gasteiger partial charge in [-0.1, -0.05) is 26.2 Å². The topological polar surface area (TPSA) is 32.3 Å². The monoisotopic (exact) mass is 197 g/mol. The molecule has 0 radical (unpaired) electrons. The summed E-state index contributed by atoms with van der Waals surface area (Å²) < 4.78 is 0. The lowest BCUT2D eigenvalue weighted by atomic mass is 9.81. The molecular formula is C12H23NO. The van der Waals surface area contributed by atoms with Gasteiger partial charge in [0.25, 0.3) is 0 Å². The molecule has 0 saturated heterocycles. The number of hydrogen-bond acceptors (Lipinski definition) is 2. The molecule has 0 aromatic rings. The molecule has 14 heavy (non-hydrogen) atoms. The second kappa shape index (κ2) is 4.19. The van der Waals surface area contributed by atoms with Crippen LogP contribution >= 0.6 is 0 Å². The normalized spacial score (nSPS) is 39.4. The molecular weight excluding hydrogens is 174 g/mol. The molecule has 2 rings (SSSR count). The first-order valence-corrected chi connectivity index (χ1v) is 6.15. The van der Waals surface area contributed by atoms with Crippen LogP contribution in [0.15, 0.2) is 0 Å². The molecule has 0 amide bonds. The van der Waals surface area contributed by atoms with Crippen molar-refractivity contribution in [3.63, 3.8) is 0 Å². The average Bonchev–Trinajstić information content (AvgIpc) is 2.99. The first-order chi connectivity index (χ1) is 6.77. The van der Waals surface area contributed by atoms with Crippen molar-refractivity contribution in [3.8, 4) is 0 Å². The maximum atomic E-state index is 9.65. The minimum Gasteiger partial charge on any atom is -0.394 e. The van der Waals surface area contributed by atoms with Gasteiger partial charge in [-0.15, -0.1) is 0 Å². The minimum atomic E-state index is 0.0532. The van der Waals surface area contributed by atoms with Crippen LogP contribution in [0.2, 0.25) is 0 Å². The van der Waals surface area contributed by atoms with E-state index in [0.29, 0.717) is 18.6 Å². The second-order valence-electron chi connectivity index (χ2n) is 5.23. The Balaban J connectivity index is 2.03. The fraction of sp³-hybridized carbons (Fsp3) is 1.00. The van der Waals surface area contributed by atoms with Crippen molar-refractivity contribution in [1.29, 1.82) is 0 Å². The van der Waals surface area contributed by atoms with Crippen molar-refractivity contribution in [2.45, 2.75) is 63.5 Å². The summed E-state index contributed by atoms with van der Waals surface area (Å²) in [7, 11) is 0. The van der Waals surface area contributed by atoms with E-state index < -0.39 is 0 Å². The third-order valence-corrected chi connectivity index (χ3v) is 4.05. The SMILES string of the molecule is CC1CCCCCC1(CO)NC1CC1. The van der Waals surface area contributed by atoms with Gasteiger partial charge >= 0.3 is 0 Å². The van der Waals surface area contributed by atoms with Gasteiger partial charge in [-0.2, -0.15) is 0 Å². The molecule has 82 valence electrons. The van der Waals surface area contributed by atoms with Crippen molar-refractivity contribution in [3.05, 3.63) is 0 Å². The first-order valence-electron chi connectivity index (χ1n) is 6.15. The predicted molar refractivity (Wildman–Crippen MR) is 58.2 cm³/mol. The van der Waals surface area contributed by atoms with Gasteiger partial charge in [0.1, 0.15) is 0 Å². The van der Waals surface area contributed by atoms with Gasteiger partial charge in [0.15, 0.2) is 0 Å². The molecule has 2 unspecified atom stereocenters. The second-order valence-corrected chi connectivity index (χ2v) is 5.23. The number of rotatable bonds is 3. The van der Waals surface area contributed by atoms with Crippen LogP contribution in [-0.2, 0) is 0 Å². The molecule has 2 fully saturated rings. The molecule has 2 aliphatic carbocycles. The van der Waals surface area contributed by atoms with E-state index in [2.05, 4.69) is 12.2 Å². The zero-order valence-corrected chi connectivity index (χ0v) is 9.26. The molecule has 2 nitrogen and oxygen atoms in total. The molecule has 0 aromatic carbocycles. The summed E-state index contributed by atoms with van der Waals surface area (Å²) >= 11 is 0. The zero-order valence-electron chi connectivity index (χ0n) is 9.26. The van der Waals surface area contributed by atoms with Gasteiger partial charge in [0.2, 0.25) is 0 Å². The summed E-state index contributed by atoms with van der Waals surface area (Å²) in [6.45, 7) is 2.63. The zero-order chi connectivity index (χ0) is 10.0. The lowest BCUT2D eigenvalue weighted by Crippen LogP contribution is -2.54. The van der Waals surface area contributed by atoms with Crippen molar-refractivity contribution in [2.75, 3.05) is 6.61 Å². The van der Waals surface area contributed by atoms with E-state index >= 15 is 0 Å². The van der Waals surface area contributed by atoms with Crippen molar-refractivity contribution in [2.24, 2.45) is 5.92 Å². The van der Waals surface area contributed by atoms with E-state index in [4.69, 9.17) is 0 Å². The highest BCUT2D eigenvalue weighted by Gasteiger charge is 2.40. The molecule has 0 heterocycles. The van der Waals surface area contributed by atoms with E-state index in [1.807, 2.05) is 0 Å². The van der Waals surface area contributed by atoms with Crippen LogP contribution in [0.4, 0.5) is 0 Å². The third-order valence-electron chi connectivity index (χ3n) is 4.05. The molecule has 0 spiro atoms. The molecule has 2 atom stereocenters. The smallest absolute Gasteiger partial charge is 0.0616 e. The first kappa shape index (κ1) is 10.4. The molecule has 0 aromatic heterocycles. The largest absolute Gasteiger partial charge is 0.394 e. The van der Waals surface area contributed by atoms with Crippen LogP contribution in [0, 0.1) is 5.92 Å². The molecule has 0 bridgehead atoms. The summed E-state index contributed by atoms with van der Waals surface area (Å²) in [6.07, 6.45) is 9.04. The van der Waals surface area contributed by atoms with Crippen LogP contribution in [0.1, 0.15) is 51.9 Å². The molecule has 2 heteroatoms. The third kappa shape index (κ3) is 2.12. The van der Waals surface area contributed by atoms with Gasteiger partial charge in [-0.05, 0) is 31.6 Å². The van der Waals surface area contributed by atoms with Crippen LogP contribution in [-0.4, -0.2) is 23.3 Å². The highest BCUT2D eigenvalue weighted by atomic mass is 16.3. The van der Waals surface area contributed by atoms with Crippen LogP contribution in [0.5, 0.6) is 0 Å². The Morgan fingerprint density at radius 3 is 2.64 bits per heavy atom. The fourth-order valence-corrected chi connectivity index (χ4v) is 2.72. The fourth-order valence-electron chi connectivity index (χ4n) is 2.72. The average molecular weight is 197 g/mol. The Kier molecular flexibility index (Phi) is 3.13. The van der Waals surface area contributed by atoms with Gasteiger partial charge in [-0.25, -0.2) is 0 Å². The van der Waals surface area contributed by atoms with Crippen molar-refractivity contribution < 1.29 is 5.11 Å². The number of nitrogens with one attached hydrogen (secondary N) is 1. The van der Waals surface area contributed by atoms with E-state index in [1.54, 1.807) is 0 Å². The summed E-state index contributed by atoms with van der Waals surface area (Å²) in [5.74, 6) is 0.635. The highest BCUT2D eigenvalue weighted by Crippen LogP contribution is 2.35. The maximum absolute atomic E-state index is 9.65. The number of hydrogen-bond donors (Lipinski definition) is 2. The summed E-state index contributed by atoms with van der Waals surface area (Å²) in [6, 6.07) is 0.711. The summed E-state index contributed by atoms with van der Waals surface area (Å²) in [4.78, 5) is 0. The lowest BCUT2D eigenvalue weighted by molar-refractivity contribution is 0.101. The van der Waals surface area contributed by atoms with E-state index in [1.165, 1.54) is 44.9 Å². The van der Waals surface area contributed by atoms with E-state index in [-0.39, 0.29) is 5.54 Å². The molecule has 2 aliphatic rings. The Morgan fingerprint density at radius 1 is 1.21 bits per heavy atom. The van der Waals surface area contributed by atoms with E-state index in [0.717, 1.165) is 0 Å². The summed E-state index contributed by atoms with van der Waals surface area (Å²) in [5, 5.41) is 13.3. The van der Waals surface area contributed by atoms with Gasteiger partial charge in [0, 0.05) is 11.6 Å². The Hall–Kier alpha value is -0.0800. The minimum absolute atomic E-state index is 0.0532. The lowest BCUT2D eigenvalue weighted by Gasteiger charge is -2.38. The van der Waals surface area contributed by atoms with Gasteiger partial charge < -0.3 is 10.4 Å². The van der Waals surface area contributed by atoms with Gasteiger partial charge in [0.05, 0.1) is 6.61 Å². The standard InChI is InChI=1S/C12H23NO/c1-10-5-3-2-4-8-12(10,9-14)13-11-6-7-11/h10-11,13-14H,2-9H2,1H3. The maximum Gasteiger partial charge on any atom is 0.0616 e. The highest BCUT2D eigenvalue weighted by molar-refractivity contribution is 4.99. The van der Waals surface area contributed by atoms with Crippen LogP contribution < -0.4 is 5.32 Å². The van der Waals surface area contributed by atoms with Crippen molar-refractivity contribution in [1.82, 2.24) is 5.32 Å². The molecule has 2 saturated carbocycles. The Bertz CT molecular complexity index is 191. The number of aliphatic hydroxyl groups is 1. The Morgan fingerprint density at radius 2 is 2.00 bits per heavy atom. The summed E-state index contributed by atoms with van der Waals surface area (Å²) in [5.41, 5.74) is 0.0532. The predicted octanol–water partition coefficient (Wildman–Crippen LogP) is 2.07. The van der Waals surface area contributed by atoms with Crippen LogP contribution in [0.25, 0.3) is 0 Å². The quantitative estimate of drug-likeness (QED) is 0.679. The number of aliphatic hydroxyl groups excluding tert-OH is 1. The molecule has 2 N–H and O–H groups in total. The Labute approximate surface area is 87.1 Å². The molecule has 0 aliphatic heterocycles.